The molecule has 2 aromatic carbocycles. The average Bonchev–Trinajstić information content (AvgIpc) is 2.85. The van der Waals surface area contributed by atoms with Crippen molar-refractivity contribution >= 4 is 69.1 Å². The summed E-state index contributed by atoms with van der Waals surface area (Å²) >= 11 is 19.1. The van der Waals surface area contributed by atoms with Crippen LogP contribution in [0.15, 0.2) is 59.7 Å². The molecule has 2 N–H and O–H groups in total. The number of carbonyl (C=O) groups is 1. The summed E-state index contributed by atoms with van der Waals surface area (Å²) < 4.78 is 1.37. The van der Waals surface area contributed by atoms with Crippen LogP contribution in [0.4, 0.5) is 22.1 Å². The van der Waals surface area contributed by atoms with Crippen molar-refractivity contribution in [1.82, 2.24) is 19.4 Å². The number of amides is 1. The number of nitrogens with zero attached hydrogens (tertiary/aromatic N) is 5. The zero-order valence-corrected chi connectivity index (χ0v) is 20.9. The Balaban J connectivity index is 1.37. The third kappa shape index (κ3) is 4.65. The fraction of sp³-hybridized carbons (Fsp3) is 0.167. The number of hydrogen-bond donors (Lipinski definition) is 2. The van der Waals surface area contributed by atoms with E-state index in [2.05, 4.69) is 15.3 Å². The van der Waals surface area contributed by atoms with E-state index in [1.54, 1.807) is 36.5 Å². The lowest BCUT2D eigenvalue weighted by Gasteiger charge is -2.35. The van der Waals surface area contributed by atoms with E-state index in [0.717, 1.165) is 5.69 Å². The number of nitrogens with one attached hydrogen (secondary N) is 1. The van der Waals surface area contributed by atoms with Gasteiger partial charge in [0, 0.05) is 44.3 Å². The van der Waals surface area contributed by atoms with E-state index in [4.69, 9.17) is 39.9 Å². The lowest BCUT2D eigenvalue weighted by Crippen LogP contribution is -2.48. The predicted molar refractivity (Wildman–Crippen MR) is 142 cm³/mol. The van der Waals surface area contributed by atoms with Crippen LogP contribution < -0.4 is 15.8 Å². The van der Waals surface area contributed by atoms with Gasteiger partial charge in [-0.05, 0) is 36.4 Å². The molecule has 0 radical (unpaired) electrons. The zero-order valence-electron chi connectivity index (χ0n) is 18.7. The van der Waals surface area contributed by atoms with E-state index < -0.39 is 6.09 Å². The molecular weight excluding hydrogens is 527 g/mol. The minimum atomic E-state index is -0.915. The first-order chi connectivity index (χ1) is 17.3. The first-order valence-electron chi connectivity index (χ1n) is 10.9. The Kier molecular flexibility index (Phi) is 6.61. The molecule has 4 aromatic rings. The molecule has 1 fully saturated rings. The lowest BCUT2D eigenvalue weighted by molar-refractivity contribution is 0.142. The maximum absolute atomic E-state index is 13.1. The van der Waals surface area contributed by atoms with Gasteiger partial charge in [0.25, 0.3) is 5.56 Å². The minimum absolute atomic E-state index is 0.300. The summed E-state index contributed by atoms with van der Waals surface area (Å²) in [6.07, 6.45) is 2.11. The number of carboxylic acid groups (broad SMARTS) is 1. The molecule has 36 heavy (non-hydrogen) atoms. The Morgan fingerprint density at radius 2 is 1.69 bits per heavy atom. The number of halogens is 3. The van der Waals surface area contributed by atoms with Crippen LogP contribution in [0.25, 0.3) is 16.6 Å². The van der Waals surface area contributed by atoms with E-state index >= 15 is 0 Å². The van der Waals surface area contributed by atoms with Gasteiger partial charge in [0.2, 0.25) is 5.95 Å². The van der Waals surface area contributed by atoms with Crippen LogP contribution in [-0.4, -0.2) is 56.8 Å². The fourth-order valence-corrected chi connectivity index (χ4v) is 4.97. The minimum Gasteiger partial charge on any atom is -0.465 e. The van der Waals surface area contributed by atoms with Crippen molar-refractivity contribution in [2.75, 3.05) is 36.4 Å². The second-order valence-corrected chi connectivity index (χ2v) is 9.32. The molecule has 0 bridgehead atoms. The molecule has 0 aliphatic carbocycles. The monoisotopic (exact) mass is 544 g/mol. The summed E-state index contributed by atoms with van der Waals surface area (Å²) in [7, 11) is 0. The number of hydrogen-bond acceptors (Lipinski definition) is 6. The lowest BCUT2D eigenvalue weighted by atomic mass is 10.2. The summed E-state index contributed by atoms with van der Waals surface area (Å²) in [5, 5.41) is 13.8. The molecule has 2 aromatic heterocycles. The number of piperazine rings is 1. The third-order valence-electron chi connectivity index (χ3n) is 5.92. The van der Waals surface area contributed by atoms with Crippen LogP contribution >= 0.6 is 34.8 Å². The van der Waals surface area contributed by atoms with Crippen LogP contribution in [0.3, 0.4) is 0 Å². The van der Waals surface area contributed by atoms with E-state index in [9.17, 15) is 9.59 Å². The quantitative estimate of drug-likeness (QED) is 0.359. The number of aromatic nitrogens is 3. The highest BCUT2D eigenvalue weighted by Gasteiger charge is 2.22. The highest BCUT2D eigenvalue weighted by molar-refractivity contribution is 6.37. The van der Waals surface area contributed by atoms with E-state index in [-0.39, 0.29) is 5.56 Å². The number of para-hydroxylation sites is 1. The summed E-state index contributed by atoms with van der Waals surface area (Å²) in [6, 6.07) is 12.2. The van der Waals surface area contributed by atoms with Crippen molar-refractivity contribution in [1.29, 1.82) is 0 Å². The Bertz CT molecular complexity index is 1520. The van der Waals surface area contributed by atoms with Gasteiger partial charge >= 0.3 is 6.09 Å². The van der Waals surface area contributed by atoms with Crippen LogP contribution in [0, 0.1) is 0 Å². The van der Waals surface area contributed by atoms with Crippen LogP contribution in [0.2, 0.25) is 15.1 Å². The van der Waals surface area contributed by atoms with Gasteiger partial charge in [-0.3, -0.25) is 9.36 Å². The van der Waals surface area contributed by atoms with Crippen LogP contribution in [0.1, 0.15) is 0 Å². The zero-order chi connectivity index (χ0) is 25.4. The first-order valence-corrected chi connectivity index (χ1v) is 12.1. The Morgan fingerprint density at radius 1 is 0.972 bits per heavy atom. The van der Waals surface area contributed by atoms with Gasteiger partial charge in [0.15, 0.2) is 0 Å². The van der Waals surface area contributed by atoms with Gasteiger partial charge in [-0.15, -0.1) is 0 Å². The normalized spacial score (nSPS) is 13.8. The van der Waals surface area contributed by atoms with Gasteiger partial charge in [-0.25, -0.2) is 14.8 Å². The van der Waals surface area contributed by atoms with Crippen LogP contribution in [-0.2, 0) is 0 Å². The van der Waals surface area contributed by atoms with E-state index in [1.165, 1.54) is 15.7 Å². The van der Waals surface area contributed by atoms with Crippen LogP contribution in [0.5, 0.6) is 0 Å². The summed E-state index contributed by atoms with van der Waals surface area (Å²) in [5.74, 6) is 0.300. The van der Waals surface area contributed by atoms with Gasteiger partial charge in [0.05, 0.1) is 37.3 Å². The summed E-state index contributed by atoms with van der Waals surface area (Å²) in [4.78, 5) is 36.4. The molecule has 12 heteroatoms. The predicted octanol–water partition coefficient (Wildman–Crippen LogP) is 5.28. The van der Waals surface area contributed by atoms with Crippen molar-refractivity contribution in [2.45, 2.75) is 0 Å². The highest BCUT2D eigenvalue weighted by atomic mass is 35.5. The molecule has 0 saturated carbocycles. The maximum atomic E-state index is 13.1. The van der Waals surface area contributed by atoms with Gasteiger partial charge < -0.3 is 20.2 Å². The Hall–Kier alpha value is -3.53. The number of rotatable bonds is 4. The summed E-state index contributed by atoms with van der Waals surface area (Å²) in [6.45, 7) is 1.95. The Labute approximate surface area is 220 Å². The fourth-order valence-electron chi connectivity index (χ4n) is 4.09. The molecule has 0 spiro atoms. The summed E-state index contributed by atoms with van der Waals surface area (Å²) in [5.41, 5.74) is 2.00. The van der Waals surface area contributed by atoms with Gasteiger partial charge in [-0.2, -0.15) is 0 Å². The number of benzene rings is 2. The van der Waals surface area contributed by atoms with Crippen molar-refractivity contribution in [3.8, 4) is 5.69 Å². The molecule has 1 aliphatic heterocycles. The van der Waals surface area contributed by atoms with Crippen molar-refractivity contribution in [2.24, 2.45) is 0 Å². The topological polar surface area (TPSA) is 104 Å². The number of fused-ring (bicyclic) bond motifs is 1. The molecule has 5 rings (SSSR count). The highest BCUT2D eigenvalue weighted by Crippen LogP contribution is 2.31. The molecule has 1 aliphatic rings. The van der Waals surface area contributed by atoms with Gasteiger partial charge in [-0.1, -0.05) is 40.9 Å². The van der Waals surface area contributed by atoms with Crippen molar-refractivity contribution < 1.29 is 9.90 Å². The molecule has 9 nitrogen and oxygen atoms in total. The van der Waals surface area contributed by atoms with Crippen molar-refractivity contribution in [3.63, 3.8) is 0 Å². The first kappa shape index (κ1) is 24.2. The number of anilines is 3. The second kappa shape index (κ2) is 9.85. The average molecular weight is 546 g/mol. The van der Waals surface area contributed by atoms with E-state index in [0.29, 0.717) is 69.5 Å². The third-order valence-corrected chi connectivity index (χ3v) is 6.83. The maximum Gasteiger partial charge on any atom is 0.407 e. The number of pyridine rings is 1. The van der Waals surface area contributed by atoms with Gasteiger partial charge in [0.1, 0.15) is 0 Å². The largest absolute Gasteiger partial charge is 0.465 e. The molecule has 0 atom stereocenters. The molecule has 3 heterocycles. The SMILES string of the molecule is O=C(O)N1CCN(c2ccc(Nc3ncc4c(=O)n(-c5c(Cl)cccc5Cl)ccc4n3)cc2Cl)CC1. The van der Waals surface area contributed by atoms with E-state index in [1.807, 2.05) is 17.0 Å². The molecular formula is C24H19Cl3N6O3. The second-order valence-electron chi connectivity index (χ2n) is 8.10. The molecule has 0 unspecified atom stereocenters. The van der Waals surface area contributed by atoms with Crippen molar-refractivity contribution in [3.05, 3.63) is 80.3 Å². The molecule has 1 amide bonds. The smallest absolute Gasteiger partial charge is 0.407 e. The Morgan fingerprint density at radius 3 is 2.36 bits per heavy atom. The molecule has 184 valence electrons. The molecule has 1 saturated heterocycles. The standard InChI is InChI=1S/C24H19Cl3N6O3/c25-16-2-1-3-17(26)21(16)33-7-6-19-15(22(33)34)13-28-23(30-19)29-14-4-5-20(18(27)12-14)31-8-10-32(11-9-31)24(35)36/h1-7,12-13H,8-11H2,(H,35,36)(H,28,29,30).